The molecule has 92 valence electrons. The monoisotopic (exact) mass is 247 g/mol. The zero-order valence-electron chi connectivity index (χ0n) is 10.5. The molecule has 4 rings (SSSR count). The number of nitrogens with zero attached hydrogens (tertiary/aromatic N) is 1. The average Bonchev–Trinajstić information content (AvgIpc) is 3.25. The molecule has 2 aliphatic rings. The second kappa shape index (κ2) is 3.82. The summed E-state index contributed by atoms with van der Waals surface area (Å²) in [6.07, 6.45) is 0. The van der Waals surface area contributed by atoms with Crippen molar-refractivity contribution in [3.63, 3.8) is 0 Å². The summed E-state index contributed by atoms with van der Waals surface area (Å²) >= 11 is 0. The molecule has 0 radical (unpaired) electrons. The maximum Gasteiger partial charge on any atom is 0.196 e. The van der Waals surface area contributed by atoms with Crippen LogP contribution >= 0.6 is 0 Å². The Morgan fingerprint density at radius 3 is 2.11 bits per heavy atom. The molecular formula is C17H13NO. The van der Waals surface area contributed by atoms with Crippen molar-refractivity contribution in [2.24, 2.45) is 0 Å². The minimum atomic E-state index is 0.156. The Morgan fingerprint density at radius 1 is 0.789 bits per heavy atom. The van der Waals surface area contributed by atoms with Crippen molar-refractivity contribution in [3.8, 4) is 0 Å². The number of allylic oxidation sites excluding steroid dienone is 1. The molecule has 0 spiro atoms. The Balaban J connectivity index is 1.98. The first-order valence-electron chi connectivity index (χ1n) is 6.55. The first kappa shape index (κ1) is 10.6. The zero-order chi connectivity index (χ0) is 12.8. The quantitative estimate of drug-likeness (QED) is 0.760. The fraction of sp³-hybridized carbons (Fsp3) is 0.118. The molecule has 1 heterocycles. The molecule has 19 heavy (non-hydrogen) atoms. The van der Waals surface area contributed by atoms with Crippen LogP contribution in [0.25, 0.3) is 11.3 Å². The third-order valence-corrected chi connectivity index (χ3v) is 3.72. The van der Waals surface area contributed by atoms with Gasteiger partial charge in [0.15, 0.2) is 5.78 Å². The molecule has 0 unspecified atom stereocenters. The smallest absolute Gasteiger partial charge is 0.196 e. The van der Waals surface area contributed by atoms with Gasteiger partial charge in [-0.3, -0.25) is 4.79 Å². The molecule has 0 atom stereocenters. The van der Waals surface area contributed by atoms with Gasteiger partial charge in [0.05, 0.1) is 11.3 Å². The minimum absolute atomic E-state index is 0.156. The van der Waals surface area contributed by atoms with Crippen LogP contribution in [0, 0.1) is 0 Å². The van der Waals surface area contributed by atoms with Gasteiger partial charge >= 0.3 is 0 Å². The molecule has 2 aromatic carbocycles. The maximum atomic E-state index is 12.7. The Morgan fingerprint density at radius 2 is 1.42 bits per heavy atom. The van der Waals surface area contributed by atoms with E-state index < -0.39 is 0 Å². The SMILES string of the molecule is O=C1C(c2ccccc2)=C(N2CC2)c2ccccc21. The van der Waals surface area contributed by atoms with Gasteiger partial charge in [0.25, 0.3) is 0 Å². The van der Waals surface area contributed by atoms with E-state index in [2.05, 4.69) is 11.0 Å². The number of ketones is 1. The van der Waals surface area contributed by atoms with Gasteiger partial charge in [0, 0.05) is 24.2 Å². The Labute approximate surface area is 112 Å². The molecule has 2 nitrogen and oxygen atoms in total. The van der Waals surface area contributed by atoms with Gasteiger partial charge in [-0.1, -0.05) is 54.6 Å². The Kier molecular flexibility index (Phi) is 2.12. The van der Waals surface area contributed by atoms with Crippen molar-refractivity contribution in [2.45, 2.75) is 0 Å². The van der Waals surface area contributed by atoms with E-state index in [4.69, 9.17) is 0 Å². The molecule has 1 aliphatic carbocycles. The van der Waals surface area contributed by atoms with E-state index in [1.54, 1.807) is 0 Å². The van der Waals surface area contributed by atoms with Crippen molar-refractivity contribution >= 4 is 17.1 Å². The molecule has 2 aromatic rings. The van der Waals surface area contributed by atoms with Crippen molar-refractivity contribution < 1.29 is 4.79 Å². The summed E-state index contributed by atoms with van der Waals surface area (Å²) in [5, 5.41) is 0. The first-order chi connectivity index (χ1) is 9.36. The second-order valence-corrected chi connectivity index (χ2v) is 4.95. The lowest BCUT2D eigenvalue weighted by Gasteiger charge is -2.09. The number of hydrogen-bond acceptors (Lipinski definition) is 2. The number of carbonyl (C=O) groups is 1. The van der Waals surface area contributed by atoms with E-state index in [-0.39, 0.29) is 5.78 Å². The number of fused-ring (bicyclic) bond motifs is 1. The Hall–Kier alpha value is -2.35. The van der Waals surface area contributed by atoms with Crippen LogP contribution < -0.4 is 0 Å². The van der Waals surface area contributed by atoms with Crippen LogP contribution in [0.3, 0.4) is 0 Å². The predicted molar refractivity (Wildman–Crippen MR) is 75.6 cm³/mol. The van der Waals surface area contributed by atoms with E-state index in [1.807, 2.05) is 48.5 Å². The van der Waals surface area contributed by atoms with Crippen LogP contribution in [0.5, 0.6) is 0 Å². The number of carbonyl (C=O) groups excluding carboxylic acids is 1. The van der Waals surface area contributed by atoms with Crippen LogP contribution in [-0.4, -0.2) is 23.8 Å². The number of benzene rings is 2. The molecule has 0 saturated carbocycles. The first-order valence-corrected chi connectivity index (χ1v) is 6.55. The van der Waals surface area contributed by atoms with Crippen LogP contribution in [0.15, 0.2) is 54.6 Å². The molecular weight excluding hydrogens is 234 g/mol. The van der Waals surface area contributed by atoms with Crippen molar-refractivity contribution in [1.82, 2.24) is 4.90 Å². The summed E-state index contributed by atoms with van der Waals surface area (Å²) in [6.45, 7) is 2.10. The molecule has 0 aromatic heterocycles. The standard InChI is InChI=1S/C17H13NO/c19-17-14-9-5-4-8-13(14)16(18-10-11-18)15(17)12-6-2-1-3-7-12/h1-9H,10-11H2. The highest BCUT2D eigenvalue weighted by atomic mass is 16.1. The highest BCUT2D eigenvalue weighted by molar-refractivity contribution is 6.39. The maximum absolute atomic E-state index is 12.7. The summed E-state index contributed by atoms with van der Waals surface area (Å²) < 4.78 is 0. The lowest BCUT2D eigenvalue weighted by molar-refractivity contribution is 0.105. The van der Waals surface area contributed by atoms with Crippen LogP contribution in [0.1, 0.15) is 21.5 Å². The number of rotatable bonds is 2. The molecule has 2 heteroatoms. The van der Waals surface area contributed by atoms with E-state index >= 15 is 0 Å². The number of hydrogen-bond donors (Lipinski definition) is 0. The Bertz CT molecular complexity index is 696. The van der Waals surface area contributed by atoms with Crippen molar-refractivity contribution in [3.05, 3.63) is 71.3 Å². The molecule has 0 N–H and O–H groups in total. The van der Waals surface area contributed by atoms with Gasteiger partial charge in [-0.25, -0.2) is 0 Å². The van der Waals surface area contributed by atoms with Crippen molar-refractivity contribution in [2.75, 3.05) is 13.1 Å². The lowest BCUT2D eigenvalue weighted by atomic mass is 10.0. The van der Waals surface area contributed by atoms with Gasteiger partial charge in [0.1, 0.15) is 0 Å². The fourth-order valence-corrected chi connectivity index (χ4v) is 2.74. The molecule has 0 bridgehead atoms. The summed E-state index contributed by atoms with van der Waals surface area (Å²) in [4.78, 5) is 14.9. The largest absolute Gasteiger partial charge is 0.367 e. The molecule has 1 saturated heterocycles. The van der Waals surface area contributed by atoms with Crippen LogP contribution in [0.2, 0.25) is 0 Å². The van der Waals surface area contributed by atoms with Gasteiger partial charge < -0.3 is 4.90 Å². The van der Waals surface area contributed by atoms with Crippen LogP contribution in [0.4, 0.5) is 0 Å². The van der Waals surface area contributed by atoms with Crippen molar-refractivity contribution in [1.29, 1.82) is 0 Å². The summed E-state index contributed by atoms with van der Waals surface area (Å²) in [5.41, 5.74) is 4.92. The van der Waals surface area contributed by atoms with E-state index in [1.165, 1.54) is 0 Å². The second-order valence-electron chi connectivity index (χ2n) is 4.95. The van der Waals surface area contributed by atoms with Gasteiger partial charge in [-0.2, -0.15) is 0 Å². The molecule has 1 aliphatic heterocycles. The summed E-state index contributed by atoms with van der Waals surface area (Å²) in [7, 11) is 0. The van der Waals surface area contributed by atoms with Crippen LogP contribution in [-0.2, 0) is 0 Å². The average molecular weight is 247 g/mol. The lowest BCUT2D eigenvalue weighted by Crippen LogP contribution is -1.99. The molecule has 0 amide bonds. The van der Waals surface area contributed by atoms with E-state index in [0.29, 0.717) is 0 Å². The molecule has 1 fully saturated rings. The highest BCUT2D eigenvalue weighted by Crippen LogP contribution is 2.42. The van der Waals surface area contributed by atoms with Gasteiger partial charge in [0.2, 0.25) is 0 Å². The van der Waals surface area contributed by atoms with Gasteiger partial charge in [-0.15, -0.1) is 0 Å². The summed E-state index contributed by atoms with van der Waals surface area (Å²) in [6, 6.07) is 17.9. The normalized spacial score (nSPS) is 16.8. The fourth-order valence-electron chi connectivity index (χ4n) is 2.74. The van der Waals surface area contributed by atoms with Gasteiger partial charge in [-0.05, 0) is 5.56 Å². The summed E-state index contributed by atoms with van der Waals surface area (Å²) in [5.74, 6) is 0.156. The zero-order valence-corrected chi connectivity index (χ0v) is 10.5. The minimum Gasteiger partial charge on any atom is -0.367 e. The number of Topliss-reactive ketones (excluding diaryl/α,β-unsaturated/α-hetero) is 1. The topological polar surface area (TPSA) is 20.1 Å². The predicted octanol–water partition coefficient (Wildman–Crippen LogP) is 3.07. The third kappa shape index (κ3) is 1.53. The van der Waals surface area contributed by atoms with E-state index in [0.717, 1.165) is 41.1 Å². The highest BCUT2D eigenvalue weighted by Gasteiger charge is 2.36. The van der Waals surface area contributed by atoms with E-state index in [9.17, 15) is 4.79 Å². The third-order valence-electron chi connectivity index (χ3n) is 3.72.